The fourth-order valence-electron chi connectivity index (χ4n) is 1.70. The van der Waals surface area contributed by atoms with Crippen LogP contribution in [0.3, 0.4) is 0 Å². The Bertz CT molecular complexity index is 563. The van der Waals surface area contributed by atoms with Gasteiger partial charge in [-0.25, -0.2) is 8.42 Å². The molecule has 15 heavy (non-hydrogen) atoms. The third-order valence-electron chi connectivity index (χ3n) is 2.53. The van der Waals surface area contributed by atoms with Crippen LogP contribution in [-0.4, -0.2) is 8.42 Å². The van der Waals surface area contributed by atoms with Crippen molar-refractivity contribution in [2.24, 2.45) is 0 Å². The lowest BCUT2D eigenvalue weighted by Crippen LogP contribution is -1.85. The molecule has 78 valence electrons. The predicted molar refractivity (Wildman–Crippen MR) is 61.9 cm³/mol. The Morgan fingerprint density at radius 1 is 1.13 bits per heavy atom. The third kappa shape index (κ3) is 1.88. The summed E-state index contributed by atoms with van der Waals surface area (Å²) >= 11 is 0. The maximum atomic E-state index is 11.0. The van der Waals surface area contributed by atoms with E-state index in [1.807, 2.05) is 24.3 Å². The van der Waals surface area contributed by atoms with Crippen LogP contribution < -0.4 is 0 Å². The highest BCUT2D eigenvalue weighted by Gasteiger charge is 2.02. The number of hydrogen-bond acceptors (Lipinski definition) is 2. The summed E-state index contributed by atoms with van der Waals surface area (Å²) < 4.78 is 22.0. The van der Waals surface area contributed by atoms with Crippen LogP contribution in [-0.2, 0) is 17.1 Å². The summed E-state index contributed by atoms with van der Waals surface area (Å²) in [5.74, 6) is 0. The second kappa shape index (κ2) is 4.03. The number of fused-ring (bicyclic) bond motifs is 1. The van der Waals surface area contributed by atoms with E-state index in [2.05, 4.69) is 6.92 Å². The maximum Gasteiger partial charge on any atom is 0.168 e. The summed E-state index contributed by atoms with van der Waals surface area (Å²) in [6.07, 6.45) is 0.962. The van der Waals surface area contributed by atoms with Gasteiger partial charge < -0.3 is 0 Å². The molecule has 0 unspecified atom stereocenters. The molecule has 0 amide bonds. The fraction of sp³-hybridized carbons (Fsp3) is 0.167. The SMILES string of the molecule is CCc1ccc2c([SH](=O)=O)cccc2c1. The zero-order valence-electron chi connectivity index (χ0n) is 8.43. The first-order valence-corrected chi connectivity index (χ1v) is 6.06. The molecule has 2 aromatic rings. The summed E-state index contributed by atoms with van der Waals surface area (Å²) in [6, 6.07) is 11.3. The van der Waals surface area contributed by atoms with Crippen LogP contribution in [0.4, 0.5) is 0 Å². The highest BCUT2D eigenvalue weighted by Crippen LogP contribution is 2.21. The van der Waals surface area contributed by atoms with Crippen LogP contribution in [0.15, 0.2) is 41.3 Å². The van der Waals surface area contributed by atoms with Crippen LogP contribution in [0.25, 0.3) is 10.8 Å². The van der Waals surface area contributed by atoms with Crippen molar-refractivity contribution >= 4 is 21.5 Å². The number of aryl methyl sites for hydroxylation is 1. The van der Waals surface area contributed by atoms with Crippen molar-refractivity contribution in [1.82, 2.24) is 0 Å². The average molecular weight is 220 g/mol. The van der Waals surface area contributed by atoms with Gasteiger partial charge in [0.25, 0.3) is 0 Å². The Hall–Kier alpha value is -1.35. The molecule has 2 rings (SSSR count). The van der Waals surface area contributed by atoms with Crippen molar-refractivity contribution in [3.8, 4) is 0 Å². The highest BCUT2D eigenvalue weighted by atomic mass is 32.2. The zero-order chi connectivity index (χ0) is 10.8. The molecule has 0 aliphatic rings. The summed E-state index contributed by atoms with van der Waals surface area (Å²) in [7, 11) is -2.51. The van der Waals surface area contributed by atoms with Gasteiger partial charge in [0, 0.05) is 5.39 Å². The molecule has 0 aliphatic heterocycles. The van der Waals surface area contributed by atoms with Crippen LogP contribution in [0, 0.1) is 0 Å². The van der Waals surface area contributed by atoms with Gasteiger partial charge in [-0.2, -0.15) is 0 Å². The summed E-state index contributed by atoms with van der Waals surface area (Å²) in [6.45, 7) is 2.08. The minimum absolute atomic E-state index is 0.408. The fourth-order valence-corrected chi connectivity index (χ4v) is 2.30. The molecule has 0 saturated carbocycles. The molecule has 2 aromatic carbocycles. The Labute approximate surface area is 90.5 Å². The monoisotopic (exact) mass is 220 g/mol. The predicted octanol–water partition coefficient (Wildman–Crippen LogP) is 2.37. The standard InChI is InChI=1S/C12H12O2S/c1-2-9-6-7-11-10(8-9)4-3-5-12(11)15(13)14/h3-8,15H,2H2,1H3. The van der Waals surface area contributed by atoms with Gasteiger partial charge >= 0.3 is 0 Å². The molecule has 0 bridgehead atoms. The molecule has 0 fully saturated rings. The van der Waals surface area contributed by atoms with Crippen LogP contribution in [0.2, 0.25) is 0 Å². The molecule has 0 spiro atoms. The van der Waals surface area contributed by atoms with Crippen molar-refractivity contribution in [3.05, 3.63) is 42.0 Å². The third-order valence-corrected chi connectivity index (χ3v) is 3.31. The lowest BCUT2D eigenvalue weighted by atomic mass is 10.1. The first-order valence-electron chi connectivity index (χ1n) is 4.88. The smallest absolute Gasteiger partial charge is 0.168 e. The molecule has 3 heteroatoms. The Morgan fingerprint density at radius 2 is 1.93 bits per heavy atom. The van der Waals surface area contributed by atoms with Crippen molar-refractivity contribution in [2.45, 2.75) is 18.2 Å². The van der Waals surface area contributed by atoms with Crippen molar-refractivity contribution in [3.63, 3.8) is 0 Å². The molecule has 2 nitrogen and oxygen atoms in total. The molecule has 0 atom stereocenters. The molecule has 0 aromatic heterocycles. The first kappa shape index (κ1) is 10.2. The van der Waals surface area contributed by atoms with Crippen molar-refractivity contribution in [1.29, 1.82) is 0 Å². The molecule has 0 saturated heterocycles. The second-order valence-electron chi connectivity index (χ2n) is 3.44. The second-order valence-corrected chi connectivity index (χ2v) is 4.44. The lowest BCUT2D eigenvalue weighted by Gasteiger charge is -2.02. The number of hydrogen-bond donors (Lipinski definition) is 1. The molecule has 0 radical (unpaired) electrons. The summed E-state index contributed by atoms with van der Waals surface area (Å²) in [5, 5.41) is 1.80. The number of benzene rings is 2. The first-order chi connectivity index (χ1) is 7.22. The average Bonchev–Trinajstić information content (AvgIpc) is 2.27. The molecule has 0 N–H and O–H groups in total. The van der Waals surface area contributed by atoms with Crippen LogP contribution in [0.1, 0.15) is 12.5 Å². The topological polar surface area (TPSA) is 34.1 Å². The van der Waals surface area contributed by atoms with E-state index in [4.69, 9.17) is 0 Å². The number of thiol groups is 1. The van der Waals surface area contributed by atoms with Crippen molar-refractivity contribution < 1.29 is 8.42 Å². The van der Waals surface area contributed by atoms with Gasteiger partial charge in [-0.3, -0.25) is 0 Å². The molecular formula is C12H12O2S. The molecule has 0 heterocycles. The van der Waals surface area contributed by atoms with E-state index in [9.17, 15) is 8.42 Å². The van der Waals surface area contributed by atoms with Gasteiger partial charge in [-0.05, 0) is 23.4 Å². The highest BCUT2D eigenvalue weighted by molar-refractivity contribution is 7.72. The largest absolute Gasteiger partial charge is 0.227 e. The van der Waals surface area contributed by atoms with Crippen molar-refractivity contribution in [2.75, 3.05) is 0 Å². The van der Waals surface area contributed by atoms with E-state index >= 15 is 0 Å². The molecular weight excluding hydrogens is 208 g/mol. The quantitative estimate of drug-likeness (QED) is 0.788. The van der Waals surface area contributed by atoms with Crippen LogP contribution >= 0.6 is 0 Å². The van der Waals surface area contributed by atoms with E-state index in [-0.39, 0.29) is 0 Å². The van der Waals surface area contributed by atoms with E-state index < -0.39 is 10.7 Å². The minimum Gasteiger partial charge on any atom is -0.227 e. The van der Waals surface area contributed by atoms with Gasteiger partial charge in [0.05, 0.1) is 4.90 Å². The van der Waals surface area contributed by atoms with E-state index in [1.54, 1.807) is 12.1 Å². The summed E-state index contributed by atoms with van der Waals surface area (Å²) in [4.78, 5) is 0.408. The summed E-state index contributed by atoms with van der Waals surface area (Å²) in [5.41, 5.74) is 1.22. The maximum absolute atomic E-state index is 11.0. The minimum atomic E-state index is -2.51. The Balaban J connectivity index is 2.77. The lowest BCUT2D eigenvalue weighted by molar-refractivity contribution is 0.615. The van der Waals surface area contributed by atoms with E-state index in [0.717, 1.165) is 17.2 Å². The van der Waals surface area contributed by atoms with E-state index in [1.165, 1.54) is 5.56 Å². The van der Waals surface area contributed by atoms with E-state index in [0.29, 0.717) is 4.90 Å². The Kier molecular flexibility index (Phi) is 2.73. The van der Waals surface area contributed by atoms with Gasteiger partial charge in [-0.15, -0.1) is 0 Å². The van der Waals surface area contributed by atoms with Gasteiger partial charge in [0.2, 0.25) is 0 Å². The van der Waals surface area contributed by atoms with Gasteiger partial charge in [0.1, 0.15) is 0 Å². The van der Waals surface area contributed by atoms with Gasteiger partial charge in [-0.1, -0.05) is 37.3 Å². The Morgan fingerprint density at radius 3 is 2.60 bits per heavy atom. The molecule has 0 aliphatic carbocycles. The normalized spacial score (nSPS) is 11.1. The zero-order valence-corrected chi connectivity index (χ0v) is 9.33. The van der Waals surface area contributed by atoms with Gasteiger partial charge in [0.15, 0.2) is 10.7 Å². The number of rotatable bonds is 2. The van der Waals surface area contributed by atoms with Crippen LogP contribution in [0.5, 0.6) is 0 Å².